The molecule has 2 rings (SSSR count). The van der Waals surface area contributed by atoms with E-state index in [2.05, 4.69) is 35.1 Å². The third-order valence-corrected chi connectivity index (χ3v) is 4.62. The van der Waals surface area contributed by atoms with E-state index in [1.165, 1.54) is 24.8 Å². The third-order valence-electron chi connectivity index (χ3n) is 3.88. The van der Waals surface area contributed by atoms with Crippen LogP contribution in [0.3, 0.4) is 0 Å². The van der Waals surface area contributed by atoms with Gasteiger partial charge in [-0.25, -0.2) is 4.39 Å². The van der Waals surface area contributed by atoms with Gasteiger partial charge < -0.3 is 5.32 Å². The van der Waals surface area contributed by atoms with Crippen LogP contribution in [-0.4, -0.2) is 12.6 Å². The zero-order chi connectivity index (χ0) is 13.2. The first-order valence-corrected chi connectivity index (χ1v) is 7.47. The summed E-state index contributed by atoms with van der Waals surface area (Å²) in [5, 5.41) is 3.55. The monoisotopic (exact) mass is 313 g/mol. The number of nitrogens with one attached hydrogen (secondary N) is 1. The minimum atomic E-state index is -0.173. The third kappa shape index (κ3) is 3.33. The van der Waals surface area contributed by atoms with E-state index in [0.29, 0.717) is 11.5 Å². The van der Waals surface area contributed by atoms with E-state index in [9.17, 15) is 4.39 Å². The first-order valence-electron chi connectivity index (χ1n) is 6.68. The Kier molecular flexibility index (Phi) is 4.44. The number of rotatable bonds is 5. The molecule has 3 heteroatoms. The Labute approximate surface area is 117 Å². The van der Waals surface area contributed by atoms with Gasteiger partial charge in [0.2, 0.25) is 0 Å². The molecule has 100 valence electrons. The molecule has 0 aromatic heterocycles. The Morgan fingerprint density at radius 2 is 2.11 bits per heavy atom. The molecule has 1 aliphatic rings. The Bertz CT molecular complexity index is 413. The number of halogens is 2. The minimum absolute atomic E-state index is 0.173. The SMILES string of the molecule is CC(C)NCC1(Cc2ccc(F)cc2Br)CCC1. The van der Waals surface area contributed by atoms with Gasteiger partial charge in [0.15, 0.2) is 0 Å². The second-order valence-electron chi connectivity index (χ2n) is 5.80. The van der Waals surface area contributed by atoms with Crippen molar-refractivity contribution < 1.29 is 4.39 Å². The molecule has 0 atom stereocenters. The number of hydrogen-bond acceptors (Lipinski definition) is 1. The molecule has 1 aromatic rings. The van der Waals surface area contributed by atoms with Crippen LogP contribution in [0, 0.1) is 11.2 Å². The average Bonchev–Trinajstić information content (AvgIpc) is 2.24. The fourth-order valence-electron chi connectivity index (χ4n) is 2.58. The molecular formula is C15H21BrFN. The molecule has 1 saturated carbocycles. The van der Waals surface area contributed by atoms with Crippen LogP contribution >= 0.6 is 15.9 Å². The molecule has 0 saturated heterocycles. The first kappa shape index (κ1) is 14.0. The average molecular weight is 314 g/mol. The Morgan fingerprint density at radius 3 is 2.61 bits per heavy atom. The summed E-state index contributed by atoms with van der Waals surface area (Å²) in [7, 11) is 0. The van der Waals surface area contributed by atoms with Crippen molar-refractivity contribution in [2.75, 3.05) is 6.54 Å². The summed E-state index contributed by atoms with van der Waals surface area (Å²) in [6, 6.07) is 5.56. The molecule has 1 aromatic carbocycles. The van der Waals surface area contributed by atoms with Crippen molar-refractivity contribution in [1.82, 2.24) is 5.32 Å². The predicted molar refractivity (Wildman–Crippen MR) is 77.2 cm³/mol. The summed E-state index contributed by atoms with van der Waals surface area (Å²) in [5.41, 5.74) is 1.60. The van der Waals surface area contributed by atoms with Gasteiger partial charge in [0.1, 0.15) is 5.82 Å². The van der Waals surface area contributed by atoms with Crippen molar-refractivity contribution in [2.45, 2.75) is 45.6 Å². The normalized spacial score (nSPS) is 17.8. The maximum atomic E-state index is 13.1. The van der Waals surface area contributed by atoms with E-state index >= 15 is 0 Å². The molecule has 0 heterocycles. The zero-order valence-corrected chi connectivity index (χ0v) is 12.7. The van der Waals surface area contributed by atoms with Crippen LogP contribution in [0.5, 0.6) is 0 Å². The standard InChI is InChI=1S/C15H21BrFN/c1-11(2)18-10-15(6-3-7-15)9-12-4-5-13(17)8-14(12)16/h4-5,8,11,18H,3,6-7,9-10H2,1-2H3. The summed E-state index contributed by atoms with van der Waals surface area (Å²) in [4.78, 5) is 0. The molecule has 0 radical (unpaired) electrons. The highest BCUT2D eigenvalue weighted by Crippen LogP contribution is 2.44. The second-order valence-corrected chi connectivity index (χ2v) is 6.66. The van der Waals surface area contributed by atoms with E-state index in [4.69, 9.17) is 0 Å². The van der Waals surface area contributed by atoms with E-state index in [1.54, 1.807) is 12.1 Å². The van der Waals surface area contributed by atoms with E-state index < -0.39 is 0 Å². The molecule has 0 aliphatic heterocycles. The molecule has 1 nitrogen and oxygen atoms in total. The smallest absolute Gasteiger partial charge is 0.124 e. The van der Waals surface area contributed by atoms with Gasteiger partial charge >= 0.3 is 0 Å². The van der Waals surface area contributed by atoms with Gasteiger partial charge in [0, 0.05) is 17.1 Å². The van der Waals surface area contributed by atoms with Crippen molar-refractivity contribution in [1.29, 1.82) is 0 Å². The van der Waals surface area contributed by atoms with E-state index in [1.807, 2.05) is 6.07 Å². The largest absolute Gasteiger partial charge is 0.314 e. The van der Waals surface area contributed by atoms with Gasteiger partial charge in [0.05, 0.1) is 0 Å². The van der Waals surface area contributed by atoms with Crippen LogP contribution in [0.2, 0.25) is 0 Å². The van der Waals surface area contributed by atoms with Crippen molar-refractivity contribution in [3.8, 4) is 0 Å². The summed E-state index contributed by atoms with van der Waals surface area (Å²) >= 11 is 3.47. The van der Waals surface area contributed by atoms with Crippen LogP contribution in [0.1, 0.15) is 38.7 Å². The van der Waals surface area contributed by atoms with Gasteiger partial charge in [-0.3, -0.25) is 0 Å². The predicted octanol–water partition coefficient (Wildman–Crippen LogP) is 4.30. The van der Waals surface area contributed by atoms with Crippen LogP contribution in [-0.2, 0) is 6.42 Å². The van der Waals surface area contributed by atoms with Crippen LogP contribution in [0.4, 0.5) is 4.39 Å². The Hall–Kier alpha value is -0.410. The van der Waals surface area contributed by atoms with Crippen LogP contribution in [0.25, 0.3) is 0 Å². The maximum Gasteiger partial charge on any atom is 0.124 e. The Balaban J connectivity index is 2.05. The molecule has 1 fully saturated rings. The highest BCUT2D eigenvalue weighted by Gasteiger charge is 2.37. The van der Waals surface area contributed by atoms with Crippen molar-refractivity contribution >= 4 is 15.9 Å². The van der Waals surface area contributed by atoms with Gasteiger partial charge in [-0.15, -0.1) is 0 Å². The molecule has 1 N–H and O–H groups in total. The number of hydrogen-bond donors (Lipinski definition) is 1. The molecular weight excluding hydrogens is 293 g/mol. The van der Waals surface area contributed by atoms with Crippen molar-refractivity contribution in [3.05, 3.63) is 34.1 Å². The van der Waals surface area contributed by atoms with E-state index in [0.717, 1.165) is 17.4 Å². The lowest BCUT2D eigenvalue weighted by Crippen LogP contribution is -2.43. The lowest BCUT2D eigenvalue weighted by atomic mass is 9.65. The topological polar surface area (TPSA) is 12.0 Å². The first-order chi connectivity index (χ1) is 8.51. The molecule has 0 amide bonds. The summed E-state index contributed by atoms with van der Waals surface area (Å²) < 4.78 is 14.0. The van der Waals surface area contributed by atoms with Gasteiger partial charge in [-0.05, 0) is 42.4 Å². The molecule has 0 spiro atoms. The van der Waals surface area contributed by atoms with Crippen LogP contribution in [0.15, 0.2) is 22.7 Å². The lowest BCUT2D eigenvalue weighted by Gasteiger charge is -2.43. The second kappa shape index (κ2) is 5.70. The zero-order valence-electron chi connectivity index (χ0n) is 11.1. The van der Waals surface area contributed by atoms with Gasteiger partial charge in [-0.1, -0.05) is 42.3 Å². The summed E-state index contributed by atoms with van der Waals surface area (Å²) in [5.74, 6) is -0.173. The van der Waals surface area contributed by atoms with Crippen LogP contribution < -0.4 is 5.32 Å². The highest BCUT2D eigenvalue weighted by molar-refractivity contribution is 9.10. The fraction of sp³-hybridized carbons (Fsp3) is 0.600. The molecule has 18 heavy (non-hydrogen) atoms. The van der Waals surface area contributed by atoms with Gasteiger partial charge in [-0.2, -0.15) is 0 Å². The summed E-state index contributed by atoms with van der Waals surface area (Å²) in [6.45, 7) is 5.43. The fourth-order valence-corrected chi connectivity index (χ4v) is 3.07. The van der Waals surface area contributed by atoms with Crippen molar-refractivity contribution in [2.24, 2.45) is 5.41 Å². The Morgan fingerprint density at radius 1 is 1.39 bits per heavy atom. The molecule has 1 aliphatic carbocycles. The molecule has 0 unspecified atom stereocenters. The molecule has 0 bridgehead atoms. The van der Waals surface area contributed by atoms with E-state index in [-0.39, 0.29) is 5.82 Å². The maximum absolute atomic E-state index is 13.1. The number of benzene rings is 1. The van der Waals surface area contributed by atoms with Crippen molar-refractivity contribution in [3.63, 3.8) is 0 Å². The summed E-state index contributed by atoms with van der Waals surface area (Å²) in [6.07, 6.45) is 4.90. The quantitative estimate of drug-likeness (QED) is 0.854. The lowest BCUT2D eigenvalue weighted by molar-refractivity contribution is 0.126. The van der Waals surface area contributed by atoms with Gasteiger partial charge in [0.25, 0.3) is 0 Å². The minimum Gasteiger partial charge on any atom is -0.314 e. The highest BCUT2D eigenvalue weighted by atomic mass is 79.9.